The Labute approximate surface area is 143 Å². The number of amides is 1. The van der Waals surface area contributed by atoms with E-state index in [-0.39, 0.29) is 5.91 Å². The van der Waals surface area contributed by atoms with Gasteiger partial charge < -0.3 is 19.5 Å². The van der Waals surface area contributed by atoms with Crippen LogP contribution in [0.15, 0.2) is 0 Å². The average Bonchev–Trinajstić information content (AvgIpc) is 2.56. The van der Waals surface area contributed by atoms with E-state index in [0.29, 0.717) is 46.0 Å². The molecule has 0 aromatic carbocycles. The van der Waals surface area contributed by atoms with Crippen LogP contribution in [0.1, 0.15) is 39.5 Å². The van der Waals surface area contributed by atoms with Crippen LogP contribution in [0.5, 0.6) is 0 Å². The molecule has 0 aliphatic heterocycles. The second kappa shape index (κ2) is 17.8. The fourth-order valence-electron chi connectivity index (χ4n) is 1.73. The largest absolute Gasteiger partial charge is 0.379 e. The van der Waals surface area contributed by atoms with Crippen molar-refractivity contribution >= 4 is 20.8 Å². The fraction of sp³-hybridized carbons (Fsp3) is 0.938. The molecule has 131 valence electrons. The van der Waals surface area contributed by atoms with Crippen molar-refractivity contribution in [2.45, 2.75) is 45.9 Å². The summed E-state index contributed by atoms with van der Waals surface area (Å²) >= 11 is 0. The van der Waals surface area contributed by atoms with E-state index in [4.69, 9.17) is 21.9 Å². The number of ether oxygens (including phenoxy) is 3. The molecular formula is C16H32B2NO4. The molecule has 23 heavy (non-hydrogen) atoms. The van der Waals surface area contributed by atoms with Crippen LogP contribution in [0.4, 0.5) is 0 Å². The van der Waals surface area contributed by atoms with Gasteiger partial charge in [-0.25, -0.2) is 0 Å². The molecule has 0 rings (SSSR count). The van der Waals surface area contributed by atoms with Gasteiger partial charge in [-0.05, 0) is 18.8 Å². The summed E-state index contributed by atoms with van der Waals surface area (Å²) < 4.78 is 16.2. The summed E-state index contributed by atoms with van der Waals surface area (Å²) in [6.45, 7) is 8.55. The lowest BCUT2D eigenvalue weighted by Gasteiger charge is -2.09. The zero-order valence-electron chi connectivity index (χ0n) is 14.9. The van der Waals surface area contributed by atoms with E-state index in [1.165, 1.54) is 6.42 Å². The van der Waals surface area contributed by atoms with Gasteiger partial charge in [0.15, 0.2) is 0 Å². The molecular weight excluding hydrogens is 292 g/mol. The summed E-state index contributed by atoms with van der Waals surface area (Å²) in [4.78, 5) is 11.4. The SMILES string of the molecule is [B][B]CCCNC(=O)CCOCCOCCOCCC(C)CC. The lowest BCUT2D eigenvalue weighted by Crippen LogP contribution is -2.25. The van der Waals surface area contributed by atoms with Crippen LogP contribution in [0.25, 0.3) is 0 Å². The number of carbonyl (C=O) groups excluding carboxylic acids is 1. The van der Waals surface area contributed by atoms with E-state index < -0.39 is 0 Å². The molecule has 0 aromatic rings. The number of hydrogen-bond donors (Lipinski definition) is 1. The van der Waals surface area contributed by atoms with Gasteiger partial charge in [0.25, 0.3) is 0 Å². The quantitative estimate of drug-likeness (QED) is 0.326. The van der Waals surface area contributed by atoms with Crippen molar-refractivity contribution in [2.75, 3.05) is 46.2 Å². The lowest BCUT2D eigenvalue weighted by atomic mass is 9.53. The van der Waals surface area contributed by atoms with Crippen LogP contribution < -0.4 is 5.32 Å². The molecule has 7 heteroatoms. The third kappa shape index (κ3) is 17.7. The highest BCUT2D eigenvalue weighted by Crippen LogP contribution is 2.05. The molecule has 0 saturated heterocycles. The van der Waals surface area contributed by atoms with Crippen LogP contribution in [-0.2, 0) is 19.0 Å². The van der Waals surface area contributed by atoms with E-state index in [9.17, 15) is 4.79 Å². The summed E-state index contributed by atoms with van der Waals surface area (Å²) in [5.41, 5.74) is 0. The number of nitrogens with one attached hydrogen (secondary N) is 1. The van der Waals surface area contributed by atoms with Gasteiger partial charge in [-0.3, -0.25) is 4.79 Å². The monoisotopic (exact) mass is 324 g/mol. The Morgan fingerprint density at radius 2 is 1.70 bits per heavy atom. The Kier molecular flexibility index (Phi) is 17.4. The van der Waals surface area contributed by atoms with Crippen molar-refractivity contribution in [1.29, 1.82) is 0 Å². The summed E-state index contributed by atoms with van der Waals surface area (Å²) in [7, 11) is 6.86. The molecule has 1 unspecified atom stereocenters. The molecule has 0 bridgehead atoms. The van der Waals surface area contributed by atoms with Gasteiger partial charge in [-0.15, -0.1) is 0 Å². The van der Waals surface area contributed by atoms with E-state index in [0.717, 1.165) is 31.7 Å². The minimum absolute atomic E-state index is 0.0117. The molecule has 3 radical (unpaired) electrons. The van der Waals surface area contributed by atoms with Crippen LogP contribution in [0.2, 0.25) is 6.32 Å². The van der Waals surface area contributed by atoms with Crippen molar-refractivity contribution in [3.8, 4) is 0 Å². The van der Waals surface area contributed by atoms with E-state index in [1.54, 1.807) is 7.17 Å². The maximum atomic E-state index is 11.4. The predicted molar refractivity (Wildman–Crippen MR) is 95.1 cm³/mol. The summed E-state index contributed by atoms with van der Waals surface area (Å²) in [6.07, 6.45) is 4.37. The summed E-state index contributed by atoms with van der Waals surface area (Å²) in [5, 5.41) is 2.82. The van der Waals surface area contributed by atoms with Gasteiger partial charge in [0.1, 0.15) is 0 Å². The Morgan fingerprint density at radius 1 is 1.09 bits per heavy atom. The van der Waals surface area contributed by atoms with Crippen molar-refractivity contribution in [2.24, 2.45) is 5.92 Å². The van der Waals surface area contributed by atoms with Gasteiger partial charge in [0.05, 0.1) is 40.2 Å². The zero-order chi connectivity index (χ0) is 17.2. The third-order valence-corrected chi connectivity index (χ3v) is 3.54. The van der Waals surface area contributed by atoms with Gasteiger partial charge in [0, 0.05) is 27.3 Å². The minimum atomic E-state index is 0.0117. The Bertz CT molecular complexity index is 270. The molecule has 0 aliphatic carbocycles. The molecule has 1 amide bonds. The zero-order valence-corrected chi connectivity index (χ0v) is 14.9. The first-order valence-corrected chi connectivity index (χ1v) is 8.74. The van der Waals surface area contributed by atoms with Crippen molar-refractivity contribution in [1.82, 2.24) is 5.32 Å². The number of carbonyl (C=O) groups is 1. The molecule has 0 spiro atoms. The molecule has 0 aromatic heterocycles. The Hall–Kier alpha value is -0.520. The highest BCUT2D eigenvalue weighted by Gasteiger charge is 2.00. The van der Waals surface area contributed by atoms with Crippen LogP contribution in [0.3, 0.4) is 0 Å². The van der Waals surface area contributed by atoms with Gasteiger partial charge in [-0.2, -0.15) is 0 Å². The van der Waals surface area contributed by atoms with Gasteiger partial charge in [-0.1, -0.05) is 26.6 Å². The molecule has 1 atom stereocenters. The first-order valence-electron chi connectivity index (χ1n) is 8.74. The fourth-order valence-corrected chi connectivity index (χ4v) is 1.73. The topological polar surface area (TPSA) is 56.8 Å². The maximum Gasteiger partial charge on any atom is 0.222 e. The van der Waals surface area contributed by atoms with Gasteiger partial charge in [0.2, 0.25) is 5.91 Å². The highest BCUT2D eigenvalue weighted by atomic mass is 16.5. The van der Waals surface area contributed by atoms with Crippen molar-refractivity contribution < 1.29 is 19.0 Å². The second-order valence-electron chi connectivity index (χ2n) is 5.62. The van der Waals surface area contributed by atoms with E-state index >= 15 is 0 Å². The van der Waals surface area contributed by atoms with Crippen LogP contribution in [0, 0.1) is 5.92 Å². The second-order valence-corrected chi connectivity index (χ2v) is 5.62. The molecule has 0 aliphatic rings. The average molecular weight is 324 g/mol. The molecule has 1 N–H and O–H groups in total. The Morgan fingerprint density at radius 3 is 2.30 bits per heavy atom. The molecule has 5 nitrogen and oxygen atoms in total. The summed E-state index contributed by atoms with van der Waals surface area (Å²) in [6, 6.07) is 0. The predicted octanol–water partition coefficient (Wildman–Crippen LogP) is 1.57. The maximum absolute atomic E-state index is 11.4. The lowest BCUT2D eigenvalue weighted by molar-refractivity contribution is -0.122. The summed E-state index contributed by atoms with van der Waals surface area (Å²) in [5.74, 6) is 0.734. The van der Waals surface area contributed by atoms with E-state index in [2.05, 4.69) is 19.2 Å². The number of hydrogen-bond acceptors (Lipinski definition) is 4. The first-order chi connectivity index (χ1) is 11.2. The molecule has 0 fully saturated rings. The van der Waals surface area contributed by atoms with Crippen molar-refractivity contribution in [3.05, 3.63) is 0 Å². The van der Waals surface area contributed by atoms with Crippen LogP contribution >= 0.6 is 0 Å². The smallest absolute Gasteiger partial charge is 0.222 e. The normalized spacial score (nSPS) is 12.1. The molecule has 0 saturated carbocycles. The standard InChI is InChI=1S/C16H32B2NO4/c1-3-15(2)5-9-21-11-13-23-14-12-22-10-6-16(20)19-8-4-7-18-17/h15H,3-14H2,1-2H3,(H,19,20). The van der Waals surface area contributed by atoms with Crippen LogP contribution in [-0.4, -0.2) is 67.0 Å². The minimum Gasteiger partial charge on any atom is -0.379 e. The van der Waals surface area contributed by atoms with Gasteiger partial charge >= 0.3 is 0 Å². The molecule has 0 heterocycles. The Balaban J connectivity index is 3.14. The highest BCUT2D eigenvalue weighted by molar-refractivity contribution is 6.89. The van der Waals surface area contributed by atoms with E-state index in [1.807, 2.05) is 0 Å². The number of rotatable bonds is 17. The van der Waals surface area contributed by atoms with Crippen molar-refractivity contribution in [3.63, 3.8) is 0 Å². The first kappa shape index (κ1) is 22.5. The third-order valence-electron chi connectivity index (χ3n) is 3.54.